The number of hydrogen-bond donors (Lipinski definition) is 4. The third-order valence-electron chi connectivity index (χ3n) is 6.01. The number of ether oxygens (including phenoxy) is 1. The van der Waals surface area contributed by atoms with E-state index in [9.17, 15) is 39.6 Å². The minimum absolute atomic E-state index is 0.0952. The lowest BCUT2D eigenvalue weighted by Crippen LogP contribution is -2.53. The zero-order chi connectivity index (χ0) is 27.7. The molecule has 3 amide bonds. The summed E-state index contributed by atoms with van der Waals surface area (Å²) in [5.41, 5.74) is 0.538. The predicted octanol–water partition coefficient (Wildman–Crippen LogP) is 2.20. The third kappa shape index (κ3) is 7.77. The van der Waals surface area contributed by atoms with Crippen LogP contribution in [0, 0.1) is 0 Å². The first kappa shape index (κ1) is 29.3. The van der Waals surface area contributed by atoms with Gasteiger partial charge in [0, 0.05) is 57.4 Å². The minimum Gasteiger partial charge on any atom is -0.496 e. The maximum Gasteiger partial charge on any atom is 0.407 e. The molecule has 1 aliphatic rings. The van der Waals surface area contributed by atoms with Crippen molar-refractivity contribution < 1.29 is 44.3 Å². The molecule has 37 heavy (non-hydrogen) atoms. The van der Waals surface area contributed by atoms with Crippen LogP contribution in [-0.2, 0) is 4.79 Å². The maximum atomic E-state index is 12.5. The lowest BCUT2D eigenvalue weighted by atomic mass is 10.0. The highest BCUT2D eigenvalue weighted by atomic mass is 32.1. The van der Waals surface area contributed by atoms with Crippen molar-refractivity contribution in [3.05, 3.63) is 23.8 Å². The Labute approximate surface area is 217 Å². The van der Waals surface area contributed by atoms with Gasteiger partial charge in [0.15, 0.2) is 0 Å². The average molecular weight is 540 g/mol. The van der Waals surface area contributed by atoms with Crippen LogP contribution in [0.5, 0.6) is 5.75 Å². The van der Waals surface area contributed by atoms with E-state index in [1.165, 1.54) is 31.1 Å². The largest absolute Gasteiger partial charge is 0.496 e. The van der Waals surface area contributed by atoms with Crippen molar-refractivity contribution >= 4 is 47.3 Å². The zero-order valence-corrected chi connectivity index (χ0v) is 21.1. The highest BCUT2D eigenvalue weighted by molar-refractivity contribution is 7.78. The fourth-order valence-electron chi connectivity index (χ4n) is 4.13. The number of rotatable bonds is 5. The number of aliphatic imine (C=N–C) groups is 1. The summed E-state index contributed by atoms with van der Waals surface area (Å²) >= 11 is 4.64. The van der Waals surface area contributed by atoms with E-state index < -0.39 is 36.3 Å². The average Bonchev–Trinajstić information content (AvgIpc) is 2.81. The molecule has 0 bridgehead atoms. The molecule has 1 aromatic carbocycles. The second-order valence-electron chi connectivity index (χ2n) is 8.23. The second-order valence-corrected chi connectivity index (χ2v) is 8.41. The van der Waals surface area contributed by atoms with Gasteiger partial charge >= 0.3 is 24.2 Å². The van der Waals surface area contributed by atoms with Gasteiger partial charge in [-0.25, -0.2) is 14.4 Å². The Bertz CT molecular complexity index is 1060. The zero-order valence-electron chi connectivity index (χ0n) is 20.3. The Hall–Kier alpha value is -3.94. The van der Waals surface area contributed by atoms with E-state index in [0.717, 1.165) is 14.7 Å². The SMILES string of the molecule is COc1ccc(N=C=S)cc1C(C(=O)O)N1CCN(C(=O)O)CCN(C(=O)O)CC(C)N(C(=O)O)CC1. The third-order valence-corrected chi connectivity index (χ3v) is 6.10. The van der Waals surface area contributed by atoms with E-state index in [1.54, 1.807) is 6.07 Å². The molecule has 0 radical (unpaired) electrons. The summed E-state index contributed by atoms with van der Waals surface area (Å²) < 4.78 is 5.36. The van der Waals surface area contributed by atoms with Gasteiger partial charge in [0.2, 0.25) is 0 Å². The molecule has 4 N–H and O–H groups in total. The number of hydrogen-bond acceptors (Lipinski definition) is 8. The van der Waals surface area contributed by atoms with E-state index in [0.29, 0.717) is 5.69 Å². The number of carboxylic acid groups (broad SMARTS) is 4. The van der Waals surface area contributed by atoms with Gasteiger partial charge in [0.1, 0.15) is 11.8 Å². The summed E-state index contributed by atoms with van der Waals surface area (Å²) in [6.07, 6.45) is -3.91. The highest BCUT2D eigenvalue weighted by Gasteiger charge is 2.33. The van der Waals surface area contributed by atoms with E-state index in [-0.39, 0.29) is 57.1 Å². The van der Waals surface area contributed by atoms with Gasteiger partial charge in [-0.1, -0.05) is 0 Å². The first-order chi connectivity index (χ1) is 17.5. The van der Waals surface area contributed by atoms with Gasteiger partial charge in [-0.05, 0) is 37.3 Å². The molecular formula is C22H29N5O9S. The summed E-state index contributed by atoms with van der Waals surface area (Å²) in [6, 6.07) is 2.40. The van der Waals surface area contributed by atoms with Crippen LogP contribution in [0.3, 0.4) is 0 Å². The Morgan fingerprint density at radius 1 is 0.973 bits per heavy atom. The van der Waals surface area contributed by atoms with Gasteiger partial charge in [0.25, 0.3) is 0 Å². The molecular weight excluding hydrogens is 510 g/mol. The van der Waals surface area contributed by atoms with Crippen LogP contribution >= 0.6 is 12.2 Å². The predicted molar refractivity (Wildman–Crippen MR) is 133 cm³/mol. The van der Waals surface area contributed by atoms with Gasteiger partial charge in [-0.2, -0.15) is 4.99 Å². The fraction of sp³-hybridized carbons (Fsp3) is 0.500. The monoisotopic (exact) mass is 539 g/mol. The Morgan fingerprint density at radius 2 is 1.57 bits per heavy atom. The van der Waals surface area contributed by atoms with Crippen LogP contribution in [0.25, 0.3) is 0 Å². The van der Waals surface area contributed by atoms with Crippen molar-refractivity contribution in [3.63, 3.8) is 0 Å². The summed E-state index contributed by atoms with van der Waals surface area (Å²) in [7, 11) is 1.37. The van der Waals surface area contributed by atoms with Crippen LogP contribution in [-0.4, -0.2) is 128 Å². The smallest absolute Gasteiger partial charge is 0.407 e. The molecule has 1 saturated heterocycles. The normalized spacial score (nSPS) is 18.5. The van der Waals surface area contributed by atoms with E-state index in [2.05, 4.69) is 22.4 Å². The number of carboxylic acids is 1. The molecule has 0 aromatic heterocycles. The van der Waals surface area contributed by atoms with Crippen molar-refractivity contribution in [2.75, 3.05) is 52.9 Å². The highest BCUT2D eigenvalue weighted by Crippen LogP contribution is 2.33. The van der Waals surface area contributed by atoms with Crippen LogP contribution < -0.4 is 4.74 Å². The van der Waals surface area contributed by atoms with Crippen molar-refractivity contribution in [2.24, 2.45) is 4.99 Å². The summed E-state index contributed by atoms with van der Waals surface area (Å²) in [5.74, 6) is -1.04. The van der Waals surface area contributed by atoms with Crippen molar-refractivity contribution in [1.29, 1.82) is 0 Å². The molecule has 15 heteroatoms. The van der Waals surface area contributed by atoms with E-state index >= 15 is 0 Å². The fourth-order valence-corrected chi connectivity index (χ4v) is 4.24. The summed E-state index contributed by atoms with van der Waals surface area (Å²) in [6.45, 7) is 0.446. The quantitative estimate of drug-likeness (QED) is 0.318. The lowest BCUT2D eigenvalue weighted by molar-refractivity contribution is -0.143. The van der Waals surface area contributed by atoms with Crippen LogP contribution in [0.4, 0.5) is 20.1 Å². The Morgan fingerprint density at radius 3 is 2.11 bits per heavy atom. The van der Waals surface area contributed by atoms with Gasteiger partial charge in [-0.15, -0.1) is 0 Å². The molecule has 2 unspecified atom stereocenters. The van der Waals surface area contributed by atoms with Gasteiger partial charge in [-0.3, -0.25) is 9.69 Å². The molecule has 0 spiro atoms. The topological polar surface area (TPSA) is 184 Å². The van der Waals surface area contributed by atoms with Crippen LogP contribution in [0.2, 0.25) is 0 Å². The number of isothiocyanates is 1. The Balaban J connectivity index is 2.54. The number of methoxy groups -OCH3 is 1. The van der Waals surface area contributed by atoms with Crippen LogP contribution in [0.1, 0.15) is 18.5 Å². The lowest BCUT2D eigenvalue weighted by Gasteiger charge is -2.37. The molecule has 2 atom stereocenters. The molecule has 1 aliphatic heterocycles. The Kier molecular flexibility index (Phi) is 10.6. The number of carbonyl (C=O) groups is 4. The molecule has 14 nitrogen and oxygen atoms in total. The van der Waals surface area contributed by atoms with Crippen molar-refractivity contribution in [2.45, 2.75) is 19.0 Å². The molecule has 0 aliphatic carbocycles. The minimum atomic E-state index is -1.35. The standard InChI is InChI=1S/C22H29N5O9S/c1-14-12-26(21(32)33)8-7-25(20(30)31)6-5-24(9-10-27(14)22(34)35)18(19(28)29)16-11-15(23-13-37)3-4-17(16)36-2/h3-4,11,14,18H,5-10,12H2,1-2H3,(H,28,29)(H,30,31)(H,32,33)(H,34,35). The number of nitrogens with zero attached hydrogens (tertiary/aromatic N) is 5. The van der Waals surface area contributed by atoms with Crippen LogP contribution in [0.15, 0.2) is 23.2 Å². The van der Waals surface area contributed by atoms with Crippen molar-refractivity contribution in [3.8, 4) is 5.75 Å². The first-order valence-corrected chi connectivity index (χ1v) is 11.6. The molecule has 0 saturated carbocycles. The number of aliphatic carboxylic acids is 1. The van der Waals surface area contributed by atoms with Crippen molar-refractivity contribution in [1.82, 2.24) is 19.6 Å². The number of benzene rings is 1. The summed E-state index contributed by atoms with van der Waals surface area (Å²) in [4.78, 5) is 56.3. The maximum absolute atomic E-state index is 12.5. The molecule has 202 valence electrons. The molecule has 1 aromatic rings. The molecule has 1 fully saturated rings. The number of amides is 3. The van der Waals surface area contributed by atoms with E-state index in [1.807, 2.05) is 0 Å². The second kappa shape index (κ2) is 13.4. The molecule has 1 heterocycles. The molecule has 2 rings (SSSR count). The summed E-state index contributed by atoms with van der Waals surface area (Å²) in [5, 5.41) is 41.4. The first-order valence-electron chi connectivity index (χ1n) is 11.2. The van der Waals surface area contributed by atoms with Gasteiger partial charge < -0.3 is 39.9 Å². The van der Waals surface area contributed by atoms with Gasteiger partial charge in [0.05, 0.1) is 18.0 Å². The number of thiocarbonyl (C=S) groups is 1. The van der Waals surface area contributed by atoms with E-state index in [4.69, 9.17) is 4.74 Å².